The Morgan fingerprint density at radius 1 is 0.647 bits per heavy atom. The van der Waals surface area contributed by atoms with E-state index >= 15 is 0 Å². The molecule has 2 fully saturated rings. The molecule has 5 nitrogen and oxygen atoms in total. The van der Waals surface area contributed by atoms with Gasteiger partial charge >= 0.3 is 0 Å². The van der Waals surface area contributed by atoms with Crippen LogP contribution in [-0.4, -0.2) is 50.8 Å². The molecule has 3 heterocycles. The van der Waals surface area contributed by atoms with Crippen molar-refractivity contribution in [3.8, 4) is 11.5 Å². The molecule has 34 heavy (non-hydrogen) atoms. The van der Waals surface area contributed by atoms with Gasteiger partial charge in [-0.15, -0.1) is 0 Å². The van der Waals surface area contributed by atoms with E-state index in [2.05, 4.69) is 0 Å². The third-order valence-electron chi connectivity index (χ3n) is 7.31. The largest absolute Gasteiger partial charge is 1.00 e. The molecule has 2 saturated heterocycles. The van der Waals surface area contributed by atoms with E-state index in [0.29, 0.717) is 19.5 Å². The lowest BCUT2D eigenvalue weighted by molar-refractivity contribution is -0.896. The van der Waals surface area contributed by atoms with E-state index in [1.54, 1.807) is 0 Å². The SMILES string of the molecule is O=C(C[NH+]1CCCCC1)c1ccc2c(c1)Cc1cc(C(=O)C[NH+]3CCCCC3)ccc1O2.[Cl-].[Cl-]. The summed E-state index contributed by atoms with van der Waals surface area (Å²) in [6, 6.07) is 11.6. The molecule has 2 aromatic rings. The van der Waals surface area contributed by atoms with Crippen LogP contribution in [0.1, 0.15) is 70.4 Å². The first-order chi connectivity index (χ1) is 15.7. The molecular weight excluding hydrogens is 471 g/mol. The quantitative estimate of drug-likeness (QED) is 0.335. The van der Waals surface area contributed by atoms with Crippen LogP contribution in [0.4, 0.5) is 0 Å². The fourth-order valence-corrected chi connectivity index (χ4v) is 5.42. The van der Waals surface area contributed by atoms with Crippen LogP contribution in [0.25, 0.3) is 0 Å². The number of nitrogens with one attached hydrogen (secondary N) is 2. The summed E-state index contributed by atoms with van der Waals surface area (Å²) in [5, 5.41) is 0. The lowest BCUT2D eigenvalue weighted by atomic mass is 9.95. The zero-order valence-electron chi connectivity index (χ0n) is 19.6. The Hall–Kier alpha value is -1.92. The highest BCUT2D eigenvalue weighted by atomic mass is 35.5. The van der Waals surface area contributed by atoms with E-state index in [1.807, 2.05) is 36.4 Å². The summed E-state index contributed by atoms with van der Waals surface area (Å²) in [4.78, 5) is 28.5. The molecule has 2 aromatic carbocycles. The second-order valence-corrected chi connectivity index (χ2v) is 9.75. The highest BCUT2D eigenvalue weighted by molar-refractivity contribution is 5.98. The lowest BCUT2D eigenvalue weighted by Crippen LogP contribution is -3.13. The van der Waals surface area contributed by atoms with Gasteiger partial charge in [0.25, 0.3) is 0 Å². The van der Waals surface area contributed by atoms with Crippen LogP contribution in [0.15, 0.2) is 36.4 Å². The second kappa shape index (κ2) is 12.2. The molecule has 7 heteroatoms. The van der Waals surface area contributed by atoms with Crippen LogP contribution in [0.2, 0.25) is 0 Å². The zero-order valence-corrected chi connectivity index (χ0v) is 21.1. The van der Waals surface area contributed by atoms with Gasteiger partial charge < -0.3 is 39.4 Å². The summed E-state index contributed by atoms with van der Waals surface area (Å²) in [5.74, 6) is 2.06. The molecule has 3 aliphatic heterocycles. The summed E-state index contributed by atoms with van der Waals surface area (Å²) in [7, 11) is 0. The van der Waals surface area contributed by atoms with Crippen LogP contribution in [0.3, 0.4) is 0 Å². The number of piperidine rings is 2. The van der Waals surface area contributed by atoms with E-state index in [-0.39, 0.29) is 36.4 Å². The van der Waals surface area contributed by atoms with Gasteiger partial charge in [0.1, 0.15) is 24.6 Å². The van der Waals surface area contributed by atoms with Crippen molar-refractivity contribution in [2.24, 2.45) is 0 Å². The van der Waals surface area contributed by atoms with Crippen molar-refractivity contribution in [2.45, 2.75) is 44.9 Å². The number of fused-ring (bicyclic) bond motifs is 2. The first-order valence-corrected chi connectivity index (χ1v) is 12.3. The maximum absolute atomic E-state index is 12.9. The Balaban J connectivity index is 0.00000162. The first-order valence-electron chi connectivity index (χ1n) is 12.3. The topological polar surface area (TPSA) is 52.2 Å². The second-order valence-electron chi connectivity index (χ2n) is 9.75. The number of rotatable bonds is 6. The third kappa shape index (κ3) is 6.19. The monoisotopic (exact) mass is 504 g/mol. The Morgan fingerprint density at radius 2 is 1.06 bits per heavy atom. The highest BCUT2D eigenvalue weighted by Crippen LogP contribution is 2.37. The molecule has 0 aromatic heterocycles. The lowest BCUT2D eigenvalue weighted by Gasteiger charge is -2.24. The van der Waals surface area contributed by atoms with E-state index in [1.165, 1.54) is 48.3 Å². The smallest absolute Gasteiger partial charge is 0.216 e. The molecule has 2 N–H and O–H groups in total. The molecule has 0 saturated carbocycles. The molecule has 3 aliphatic rings. The normalized spacial score (nSPS) is 17.9. The van der Waals surface area contributed by atoms with E-state index in [9.17, 15) is 9.59 Å². The summed E-state index contributed by atoms with van der Waals surface area (Å²) in [6.45, 7) is 5.56. The van der Waals surface area contributed by atoms with E-state index < -0.39 is 0 Å². The molecule has 0 atom stereocenters. The molecule has 0 aliphatic carbocycles. The van der Waals surface area contributed by atoms with Crippen molar-refractivity contribution in [1.82, 2.24) is 0 Å². The molecule has 0 unspecified atom stereocenters. The predicted molar refractivity (Wildman–Crippen MR) is 123 cm³/mol. The number of quaternary nitrogens is 2. The number of hydrogen-bond donors (Lipinski definition) is 2. The average molecular weight is 505 g/mol. The van der Waals surface area contributed by atoms with Crippen LogP contribution in [0.5, 0.6) is 11.5 Å². The van der Waals surface area contributed by atoms with Gasteiger partial charge in [0.2, 0.25) is 11.6 Å². The van der Waals surface area contributed by atoms with E-state index in [4.69, 9.17) is 4.74 Å². The number of ketones is 2. The number of benzene rings is 2. The van der Waals surface area contributed by atoms with Crippen molar-refractivity contribution in [1.29, 1.82) is 0 Å². The summed E-state index contributed by atoms with van der Waals surface area (Å²) < 4.78 is 6.11. The van der Waals surface area contributed by atoms with Gasteiger partial charge in [-0.1, -0.05) is 0 Å². The van der Waals surface area contributed by atoms with Crippen molar-refractivity contribution >= 4 is 11.6 Å². The number of ether oxygens (including phenoxy) is 1. The van der Waals surface area contributed by atoms with Crippen molar-refractivity contribution in [3.63, 3.8) is 0 Å². The molecule has 0 radical (unpaired) electrons. The first kappa shape index (κ1) is 26.7. The zero-order chi connectivity index (χ0) is 21.9. The Bertz CT molecular complexity index is 935. The number of Topliss-reactive ketones (excluding diaryl/α,β-unsaturated/α-hetero) is 2. The van der Waals surface area contributed by atoms with Gasteiger partial charge in [-0.3, -0.25) is 9.59 Å². The number of carbonyl (C=O) groups excluding carboxylic acids is 2. The number of hydrogen-bond acceptors (Lipinski definition) is 3. The Labute approximate surface area is 214 Å². The van der Waals surface area contributed by atoms with Crippen LogP contribution >= 0.6 is 0 Å². The molecule has 184 valence electrons. The minimum atomic E-state index is 0. The predicted octanol–water partition coefficient (Wildman–Crippen LogP) is -4.11. The number of halogens is 2. The molecule has 0 spiro atoms. The fraction of sp³-hybridized carbons (Fsp3) is 0.481. The maximum atomic E-state index is 12.9. The maximum Gasteiger partial charge on any atom is 0.216 e. The number of likely N-dealkylation sites (tertiary alicyclic amines) is 2. The van der Waals surface area contributed by atoms with Crippen molar-refractivity contribution < 1.29 is 48.9 Å². The highest BCUT2D eigenvalue weighted by Gasteiger charge is 2.24. The van der Waals surface area contributed by atoms with Crippen LogP contribution < -0.4 is 39.4 Å². The minimum absolute atomic E-state index is 0. The van der Waals surface area contributed by atoms with Gasteiger partial charge in [-0.2, -0.15) is 0 Å². The van der Waals surface area contributed by atoms with Crippen LogP contribution in [-0.2, 0) is 6.42 Å². The van der Waals surface area contributed by atoms with E-state index in [0.717, 1.165) is 59.9 Å². The molecule has 5 rings (SSSR count). The average Bonchev–Trinajstić information content (AvgIpc) is 2.83. The van der Waals surface area contributed by atoms with Gasteiger partial charge in [0.05, 0.1) is 26.2 Å². The number of carbonyl (C=O) groups is 2. The minimum Gasteiger partial charge on any atom is -1.00 e. The van der Waals surface area contributed by atoms with Gasteiger partial charge in [-0.25, -0.2) is 0 Å². The summed E-state index contributed by atoms with van der Waals surface area (Å²) in [6.07, 6.45) is 8.15. The van der Waals surface area contributed by atoms with Gasteiger partial charge in [0.15, 0.2) is 0 Å². The van der Waals surface area contributed by atoms with Gasteiger partial charge in [-0.05, 0) is 74.9 Å². The van der Waals surface area contributed by atoms with Crippen molar-refractivity contribution in [2.75, 3.05) is 39.3 Å². The van der Waals surface area contributed by atoms with Crippen molar-refractivity contribution in [3.05, 3.63) is 58.7 Å². The fourth-order valence-electron chi connectivity index (χ4n) is 5.42. The molecular formula is C27H34Cl2N2O3. The van der Waals surface area contributed by atoms with Gasteiger partial charge in [0, 0.05) is 28.7 Å². The molecule has 0 bridgehead atoms. The standard InChI is InChI=1S/C27H32N2O3.2ClH/c30-24(18-28-11-3-1-4-12-28)20-7-9-26-22(15-20)17-23-16-21(8-10-27(23)32-26)25(31)19-29-13-5-2-6-14-29;;/h7-10,15-16H,1-6,11-14,17-19H2;2*1H. The summed E-state index contributed by atoms with van der Waals surface area (Å²) >= 11 is 0. The van der Waals surface area contributed by atoms with Crippen LogP contribution in [0, 0.1) is 0 Å². The Morgan fingerprint density at radius 3 is 1.47 bits per heavy atom. The molecule has 0 amide bonds. The summed E-state index contributed by atoms with van der Waals surface area (Å²) in [5.41, 5.74) is 3.61. The third-order valence-corrected chi connectivity index (χ3v) is 7.31. The Kier molecular flexibility index (Phi) is 9.55.